The van der Waals surface area contributed by atoms with E-state index in [9.17, 15) is 0 Å². The minimum atomic E-state index is 0.653. The van der Waals surface area contributed by atoms with Crippen molar-refractivity contribution in [2.75, 3.05) is 6.54 Å². The van der Waals surface area contributed by atoms with Crippen molar-refractivity contribution in [3.63, 3.8) is 0 Å². The molecule has 0 aliphatic heterocycles. The normalized spacial score (nSPS) is 10.9. The predicted octanol–water partition coefficient (Wildman–Crippen LogP) is 2.79. The summed E-state index contributed by atoms with van der Waals surface area (Å²) in [5.74, 6) is 0. The Hall–Kier alpha value is -1.39. The summed E-state index contributed by atoms with van der Waals surface area (Å²) in [5, 5.41) is 8.29. The van der Waals surface area contributed by atoms with Crippen LogP contribution < -0.4 is 5.32 Å². The third-order valence-corrected chi connectivity index (χ3v) is 3.32. The van der Waals surface area contributed by atoms with Gasteiger partial charge in [-0.05, 0) is 32.0 Å². The summed E-state index contributed by atoms with van der Waals surface area (Å²) in [6.45, 7) is 6.59. The summed E-state index contributed by atoms with van der Waals surface area (Å²) < 4.78 is 1.87. The van der Waals surface area contributed by atoms with E-state index < -0.39 is 0 Å². The van der Waals surface area contributed by atoms with Crippen molar-refractivity contribution in [2.24, 2.45) is 0 Å². The van der Waals surface area contributed by atoms with Crippen LogP contribution in [0.3, 0.4) is 0 Å². The Morgan fingerprint density at radius 3 is 2.79 bits per heavy atom. The van der Waals surface area contributed by atoms with Gasteiger partial charge in [0.2, 0.25) is 0 Å². The molecule has 0 radical (unpaired) electrons. The highest BCUT2D eigenvalue weighted by Gasteiger charge is 2.05. The molecule has 0 spiro atoms. The smallest absolute Gasteiger partial charge is 0.0835 e. The highest BCUT2D eigenvalue weighted by Crippen LogP contribution is 2.14. The average molecular weight is 279 g/mol. The number of nitrogens with one attached hydrogen (secondary N) is 1. The van der Waals surface area contributed by atoms with E-state index in [0.29, 0.717) is 11.6 Å². The van der Waals surface area contributed by atoms with Gasteiger partial charge >= 0.3 is 0 Å². The first kappa shape index (κ1) is 14.0. The third-order valence-electron chi connectivity index (χ3n) is 2.95. The zero-order chi connectivity index (χ0) is 13.7. The molecule has 5 heteroatoms. The Morgan fingerprint density at radius 2 is 2.11 bits per heavy atom. The summed E-state index contributed by atoms with van der Waals surface area (Å²) in [6.07, 6.45) is 2.80. The zero-order valence-electron chi connectivity index (χ0n) is 11.4. The second-order valence-electron chi connectivity index (χ2n) is 4.53. The predicted molar refractivity (Wildman–Crippen MR) is 77.3 cm³/mol. The van der Waals surface area contributed by atoms with Crippen LogP contribution in [0.1, 0.15) is 30.4 Å². The maximum Gasteiger partial charge on any atom is 0.0835 e. The number of pyridine rings is 1. The van der Waals surface area contributed by atoms with Gasteiger partial charge in [-0.2, -0.15) is 5.10 Å². The molecule has 0 atom stereocenters. The van der Waals surface area contributed by atoms with E-state index in [1.807, 2.05) is 29.8 Å². The van der Waals surface area contributed by atoms with E-state index in [0.717, 1.165) is 36.6 Å². The lowest BCUT2D eigenvalue weighted by molar-refractivity contribution is 0.635. The average Bonchev–Trinajstić information content (AvgIpc) is 2.72. The minimum Gasteiger partial charge on any atom is -0.311 e. The molecule has 2 aromatic rings. The largest absolute Gasteiger partial charge is 0.311 e. The van der Waals surface area contributed by atoms with Crippen LogP contribution in [-0.4, -0.2) is 21.3 Å². The Kier molecular flexibility index (Phi) is 4.93. The van der Waals surface area contributed by atoms with E-state index >= 15 is 0 Å². The first-order valence-corrected chi connectivity index (χ1v) is 6.92. The Morgan fingerprint density at radius 1 is 1.32 bits per heavy atom. The molecule has 1 N–H and O–H groups in total. The quantitative estimate of drug-likeness (QED) is 0.826. The zero-order valence-corrected chi connectivity index (χ0v) is 12.1. The third kappa shape index (κ3) is 3.78. The molecule has 0 fully saturated rings. The molecule has 0 aromatic carbocycles. The van der Waals surface area contributed by atoms with Gasteiger partial charge in [-0.1, -0.05) is 24.6 Å². The van der Waals surface area contributed by atoms with Crippen molar-refractivity contribution in [1.29, 1.82) is 0 Å². The van der Waals surface area contributed by atoms with Crippen molar-refractivity contribution in [3.8, 4) is 0 Å². The number of hydrogen-bond acceptors (Lipinski definition) is 3. The van der Waals surface area contributed by atoms with Crippen LogP contribution in [0.2, 0.25) is 5.02 Å². The summed E-state index contributed by atoms with van der Waals surface area (Å²) >= 11 is 6.00. The topological polar surface area (TPSA) is 42.7 Å². The lowest BCUT2D eigenvalue weighted by atomic mass is 10.3. The summed E-state index contributed by atoms with van der Waals surface area (Å²) in [4.78, 5) is 4.62. The van der Waals surface area contributed by atoms with E-state index in [4.69, 9.17) is 11.6 Å². The Labute approximate surface area is 118 Å². The highest BCUT2D eigenvalue weighted by atomic mass is 35.5. The van der Waals surface area contributed by atoms with Gasteiger partial charge in [-0.3, -0.25) is 9.67 Å². The second-order valence-corrected chi connectivity index (χ2v) is 4.94. The molecule has 0 bridgehead atoms. The fourth-order valence-electron chi connectivity index (χ4n) is 1.85. The summed E-state index contributed by atoms with van der Waals surface area (Å²) in [5.41, 5.74) is 3.03. The van der Waals surface area contributed by atoms with Gasteiger partial charge < -0.3 is 5.32 Å². The molecule has 0 saturated heterocycles. The van der Waals surface area contributed by atoms with Gasteiger partial charge in [0.25, 0.3) is 0 Å². The number of nitrogens with zero attached hydrogens (tertiary/aromatic N) is 3. The highest BCUT2D eigenvalue weighted by molar-refractivity contribution is 6.31. The molecule has 2 aromatic heterocycles. The van der Waals surface area contributed by atoms with Gasteiger partial charge in [0.05, 0.1) is 34.8 Å². The minimum absolute atomic E-state index is 0.653. The number of rotatable bonds is 6. The van der Waals surface area contributed by atoms with Crippen LogP contribution in [0.5, 0.6) is 0 Å². The first-order valence-electron chi connectivity index (χ1n) is 6.54. The van der Waals surface area contributed by atoms with E-state index in [1.54, 1.807) is 6.20 Å². The molecular weight excluding hydrogens is 260 g/mol. The van der Waals surface area contributed by atoms with Crippen molar-refractivity contribution in [2.45, 2.75) is 33.4 Å². The van der Waals surface area contributed by atoms with Crippen LogP contribution in [0, 0.1) is 6.92 Å². The number of aromatic nitrogens is 3. The SMILES string of the molecule is CCCNCc1cccc(Cn2ncc(Cl)c2C)n1. The van der Waals surface area contributed by atoms with Crippen LogP contribution in [-0.2, 0) is 13.1 Å². The number of hydrogen-bond donors (Lipinski definition) is 1. The summed E-state index contributed by atoms with van der Waals surface area (Å²) in [6, 6.07) is 6.08. The van der Waals surface area contributed by atoms with Crippen LogP contribution in [0.25, 0.3) is 0 Å². The molecule has 19 heavy (non-hydrogen) atoms. The van der Waals surface area contributed by atoms with Gasteiger partial charge in [-0.15, -0.1) is 0 Å². The van der Waals surface area contributed by atoms with E-state index in [1.165, 1.54) is 0 Å². The molecule has 0 aliphatic rings. The maximum atomic E-state index is 6.00. The summed E-state index contributed by atoms with van der Waals surface area (Å²) in [7, 11) is 0. The monoisotopic (exact) mass is 278 g/mol. The lowest BCUT2D eigenvalue weighted by Crippen LogP contribution is -2.15. The molecule has 0 aliphatic carbocycles. The van der Waals surface area contributed by atoms with E-state index in [2.05, 4.69) is 22.3 Å². The first-order chi connectivity index (χ1) is 9.20. The van der Waals surface area contributed by atoms with E-state index in [-0.39, 0.29) is 0 Å². The van der Waals surface area contributed by atoms with Crippen LogP contribution in [0.4, 0.5) is 0 Å². The van der Waals surface area contributed by atoms with Crippen molar-refractivity contribution in [3.05, 3.63) is 46.5 Å². The fourth-order valence-corrected chi connectivity index (χ4v) is 1.99. The standard InChI is InChI=1S/C14H19ClN4/c1-3-7-16-8-12-5-4-6-13(18-12)10-19-11(2)14(15)9-17-19/h4-6,9,16H,3,7-8,10H2,1-2H3. The Bertz CT molecular complexity index is 536. The van der Waals surface area contributed by atoms with Crippen LogP contribution >= 0.6 is 11.6 Å². The molecule has 102 valence electrons. The number of halogens is 1. The molecule has 2 heterocycles. The van der Waals surface area contributed by atoms with Gasteiger partial charge in [0.1, 0.15) is 0 Å². The second kappa shape index (κ2) is 6.68. The van der Waals surface area contributed by atoms with Gasteiger partial charge in [0, 0.05) is 6.54 Å². The van der Waals surface area contributed by atoms with Crippen molar-refractivity contribution in [1.82, 2.24) is 20.1 Å². The molecule has 0 saturated carbocycles. The molecule has 0 unspecified atom stereocenters. The van der Waals surface area contributed by atoms with Gasteiger partial charge in [-0.25, -0.2) is 0 Å². The van der Waals surface area contributed by atoms with Crippen molar-refractivity contribution >= 4 is 11.6 Å². The lowest BCUT2D eigenvalue weighted by Gasteiger charge is -2.07. The molecular formula is C14H19ClN4. The Balaban J connectivity index is 2.04. The van der Waals surface area contributed by atoms with Gasteiger partial charge in [0.15, 0.2) is 0 Å². The molecule has 2 rings (SSSR count). The fraction of sp³-hybridized carbons (Fsp3) is 0.429. The maximum absolute atomic E-state index is 6.00. The van der Waals surface area contributed by atoms with Crippen LogP contribution in [0.15, 0.2) is 24.4 Å². The van der Waals surface area contributed by atoms with Crippen molar-refractivity contribution < 1.29 is 0 Å². The molecule has 0 amide bonds. The molecule has 4 nitrogen and oxygen atoms in total.